The quantitative estimate of drug-likeness (QED) is 0.904. The van der Waals surface area contributed by atoms with E-state index in [0.29, 0.717) is 18.2 Å². The highest BCUT2D eigenvalue weighted by atomic mass is 16.3. The summed E-state index contributed by atoms with van der Waals surface area (Å²) in [5, 5.41) is 10.3. The molecular formula is C22H27N3O2. The highest BCUT2D eigenvalue weighted by Crippen LogP contribution is 2.42. The molecular weight excluding hydrogens is 338 g/mol. The van der Waals surface area contributed by atoms with E-state index in [1.807, 2.05) is 30.0 Å². The lowest BCUT2D eigenvalue weighted by atomic mass is 9.74. The van der Waals surface area contributed by atoms with Crippen molar-refractivity contribution < 1.29 is 9.90 Å². The molecule has 2 saturated heterocycles. The van der Waals surface area contributed by atoms with Gasteiger partial charge in [-0.05, 0) is 37.0 Å². The number of hydrogen-bond acceptors (Lipinski definition) is 4. The van der Waals surface area contributed by atoms with Crippen molar-refractivity contribution in [2.75, 3.05) is 32.8 Å². The van der Waals surface area contributed by atoms with Crippen LogP contribution in [-0.2, 0) is 6.54 Å². The molecule has 2 unspecified atom stereocenters. The van der Waals surface area contributed by atoms with Gasteiger partial charge in [0.25, 0.3) is 5.91 Å². The summed E-state index contributed by atoms with van der Waals surface area (Å²) in [4.78, 5) is 21.6. The number of benzene rings is 1. The fraction of sp³-hybridized carbons (Fsp3) is 0.455. The van der Waals surface area contributed by atoms with Crippen LogP contribution in [0.15, 0.2) is 48.5 Å². The monoisotopic (exact) mass is 365 g/mol. The molecule has 5 nitrogen and oxygen atoms in total. The molecule has 0 spiro atoms. The normalized spacial score (nSPS) is 25.4. The maximum absolute atomic E-state index is 12.9. The summed E-state index contributed by atoms with van der Waals surface area (Å²) in [7, 11) is 0. The zero-order valence-corrected chi connectivity index (χ0v) is 15.8. The van der Waals surface area contributed by atoms with Crippen molar-refractivity contribution in [3.8, 4) is 0 Å². The molecule has 2 aromatic rings. The number of aliphatic hydroxyl groups excluding tert-OH is 1. The number of amides is 1. The number of fused-ring (bicyclic) bond motifs is 1. The first-order chi connectivity index (χ1) is 13.1. The summed E-state index contributed by atoms with van der Waals surface area (Å²) < 4.78 is 0. The summed E-state index contributed by atoms with van der Waals surface area (Å²) in [6.07, 6.45) is 0.934. The van der Waals surface area contributed by atoms with Gasteiger partial charge in [-0.3, -0.25) is 9.69 Å². The number of likely N-dealkylation sites (tertiary alicyclic amines) is 2. The zero-order chi connectivity index (χ0) is 18.9. The Bertz CT molecular complexity index is 810. The molecule has 2 aliphatic rings. The number of aryl methyl sites for hydroxylation is 1. The predicted octanol–water partition coefficient (Wildman–Crippen LogP) is 2.35. The van der Waals surface area contributed by atoms with Crippen LogP contribution in [0, 0.1) is 18.3 Å². The molecule has 0 aliphatic carbocycles. The van der Waals surface area contributed by atoms with Crippen LogP contribution in [0.4, 0.5) is 0 Å². The minimum Gasteiger partial charge on any atom is -0.396 e. The molecule has 2 atom stereocenters. The number of aromatic nitrogens is 1. The van der Waals surface area contributed by atoms with Crippen LogP contribution < -0.4 is 0 Å². The van der Waals surface area contributed by atoms with Crippen LogP contribution in [-0.4, -0.2) is 58.6 Å². The molecule has 0 radical (unpaired) electrons. The van der Waals surface area contributed by atoms with Crippen molar-refractivity contribution >= 4 is 5.91 Å². The maximum atomic E-state index is 12.9. The van der Waals surface area contributed by atoms with E-state index in [4.69, 9.17) is 0 Å². The molecule has 142 valence electrons. The van der Waals surface area contributed by atoms with Gasteiger partial charge in [-0.25, -0.2) is 4.98 Å². The van der Waals surface area contributed by atoms with E-state index in [-0.39, 0.29) is 17.9 Å². The second-order valence-corrected chi connectivity index (χ2v) is 8.05. The zero-order valence-electron chi connectivity index (χ0n) is 15.8. The van der Waals surface area contributed by atoms with Crippen molar-refractivity contribution in [1.29, 1.82) is 0 Å². The van der Waals surface area contributed by atoms with Gasteiger partial charge in [0.1, 0.15) is 5.69 Å². The number of hydrogen-bond donors (Lipinski definition) is 1. The van der Waals surface area contributed by atoms with Crippen LogP contribution in [0.2, 0.25) is 0 Å². The van der Waals surface area contributed by atoms with Crippen molar-refractivity contribution in [3.05, 3.63) is 65.5 Å². The Balaban J connectivity index is 1.48. The third kappa shape index (κ3) is 3.62. The van der Waals surface area contributed by atoms with Crippen LogP contribution in [0.1, 0.15) is 28.2 Å². The second-order valence-electron chi connectivity index (χ2n) is 8.05. The Morgan fingerprint density at radius 1 is 1.19 bits per heavy atom. The average molecular weight is 365 g/mol. The van der Waals surface area contributed by atoms with Crippen LogP contribution in [0.25, 0.3) is 0 Å². The molecule has 27 heavy (non-hydrogen) atoms. The average Bonchev–Trinajstić information content (AvgIpc) is 3.05. The number of aliphatic hydroxyl groups is 1. The molecule has 5 heteroatoms. The van der Waals surface area contributed by atoms with Gasteiger partial charge in [0, 0.05) is 43.8 Å². The van der Waals surface area contributed by atoms with E-state index in [9.17, 15) is 9.90 Å². The van der Waals surface area contributed by atoms with Gasteiger partial charge in [0.15, 0.2) is 0 Å². The lowest BCUT2D eigenvalue weighted by molar-refractivity contribution is 0.0114. The summed E-state index contributed by atoms with van der Waals surface area (Å²) in [5.41, 5.74) is 2.41. The van der Waals surface area contributed by atoms with Crippen molar-refractivity contribution in [3.63, 3.8) is 0 Å². The predicted molar refractivity (Wildman–Crippen MR) is 104 cm³/mol. The molecule has 0 saturated carbocycles. The van der Waals surface area contributed by atoms with Crippen LogP contribution >= 0.6 is 0 Å². The summed E-state index contributed by atoms with van der Waals surface area (Å²) in [6, 6.07) is 16.0. The van der Waals surface area contributed by atoms with Gasteiger partial charge in [-0.2, -0.15) is 0 Å². The largest absolute Gasteiger partial charge is 0.396 e. The topological polar surface area (TPSA) is 56.7 Å². The number of carbonyl (C=O) groups is 1. The Hall–Kier alpha value is -2.24. The first-order valence-corrected chi connectivity index (χ1v) is 9.70. The standard InChI is InChI=1S/C22H27N3O2/c1-17-6-5-9-20(23-17)21(27)25-11-10-19-13-24(14-22(19,15-25)16-26)12-18-7-3-2-4-8-18/h2-9,19,26H,10-16H2,1H3. The molecule has 3 heterocycles. The number of pyridine rings is 1. The molecule has 2 fully saturated rings. The van der Waals surface area contributed by atoms with E-state index in [1.54, 1.807) is 6.07 Å². The molecule has 1 amide bonds. The molecule has 2 aliphatic heterocycles. The van der Waals surface area contributed by atoms with Gasteiger partial charge in [-0.15, -0.1) is 0 Å². The fourth-order valence-corrected chi connectivity index (χ4v) is 4.68. The van der Waals surface area contributed by atoms with Crippen LogP contribution in [0.5, 0.6) is 0 Å². The Morgan fingerprint density at radius 3 is 2.74 bits per heavy atom. The summed E-state index contributed by atoms with van der Waals surface area (Å²) in [5.74, 6) is 0.409. The van der Waals surface area contributed by atoms with Gasteiger partial charge in [0.05, 0.1) is 6.61 Å². The van der Waals surface area contributed by atoms with E-state index in [1.165, 1.54) is 5.56 Å². The molecule has 1 N–H and O–H groups in total. The number of rotatable bonds is 4. The Morgan fingerprint density at radius 2 is 2.00 bits per heavy atom. The molecule has 1 aromatic heterocycles. The minimum absolute atomic E-state index is 0.0218. The van der Waals surface area contributed by atoms with Crippen LogP contribution in [0.3, 0.4) is 0 Å². The highest BCUT2D eigenvalue weighted by molar-refractivity contribution is 5.92. The Kier molecular flexibility index (Phi) is 4.98. The van der Waals surface area contributed by atoms with Gasteiger partial charge in [-0.1, -0.05) is 36.4 Å². The van der Waals surface area contributed by atoms with Gasteiger partial charge in [0.2, 0.25) is 0 Å². The number of piperidine rings is 1. The van der Waals surface area contributed by atoms with Crippen molar-refractivity contribution in [1.82, 2.24) is 14.8 Å². The SMILES string of the molecule is Cc1cccc(C(=O)N2CCC3CN(Cc4ccccc4)CC3(CO)C2)n1. The van der Waals surface area contributed by atoms with Crippen molar-refractivity contribution in [2.45, 2.75) is 19.9 Å². The second kappa shape index (κ2) is 7.41. The van der Waals surface area contributed by atoms with E-state index in [0.717, 1.165) is 38.3 Å². The van der Waals surface area contributed by atoms with Crippen molar-refractivity contribution in [2.24, 2.45) is 11.3 Å². The van der Waals surface area contributed by atoms with Gasteiger partial charge < -0.3 is 10.0 Å². The maximum Gasteiger partial charge on any atom is 0.272 e. The number of nitrogens with zero attached hydrogens (tertiary/aromatic N) is 3. The van der Waals surface area contributed by atoms with E-state index >= 15 is 0 Å². The highest BCUT2D eigenvalue weighted by Gasteiger charge is 2.50. The fourth-order valence-electron chi connectivity index (χ4n) is 4.68. The van der Waals surface area contributed by atoms with Gasteiger partial charge >= 0.3 is 0 Å². The first kappa shape index (κ1) is 18.1. The minimum atomic E-state index is -0.230. The smallest absolute Gasteiger partial charge is 0.272 e. The third-order valence-corrected chi connectivity index (χ3v) is 6.09. The lowest BCUT2D eigenvalue weighted by Crippen LogP contribution is -2.52. The summed E-state index contributed by atoms with van der Waals surface area (Å²) >= 11 is 0. The molecule has 0 bridgehead atoms. The third-order valence-electron chi connectivity index (χ3n) is 6.09. The number of carbonyl (C=O) groups excluding carboxylic acids is 1. The Labute approximate surface area is 160 Å². The lowest BCUT2D eigenvalue weighted by Gasteiger charge is -2.43. The van der Waals surface area contributed by atoms with E-state index in [2.05, 4.69) is 34.1 Å². The molecule has 4 rings (SSSR count). The molecule has 1 aromatic carbocycles. The first-order valence-electron chi connectivity index (χ1n) is 9.70. The summed E-state index contributed by atoms with van der Waals surface area (Å²) in [6.45, 7) is 6.07. The van der Waals surface area contributed by atoms with E-state index < -0.39 is 0 Å².